The van der Waals surface area contributed by atoms with E-state index in [1.54, 1.807) is 80.5 Å². The molecule has 0 heterocycles. The number of hydrogen-bond donors (Lipinski definition) is 3. The van der Waals surface area contributed by atoms with Crippen LogP contribution in [0.1, 0.15) is 99.8 Å². The summed E-state index contributed by atoms with van der Waals surface area (Å²) in [6, 6.07) is 11.9. The predicted octanol–water partition coefficient (Wildman–Crippen LogP) is 6.07. The number of carbonyl (C=O) groups is 4. The van der Waals surface area contributed by atoms with E-state index in [0.717, 1.165) is 5.56 Å². The molecule has 3 atom stereocenters. The van der Waals surface area contributed by atoms with E-state index in [0.29, 0.717) is 0 Å². The Kier molecular flexibility index (Phi) is 12.8. The lowest BCUT2D eigenvalue weighted by molar-refractivity contribution is -0.159. The summed E-state index contributed by atoms with van der Waals surface area (Å²) in [5, 5.41) is 16.6. The van der Waals surface area contributed by atoms with Gasteiger partial charge >= 0.3 is 12.1 Å². The second-order valence-electron chi connectivity index (χ2n) is 15.0. The minimum absolute atomic E-state index is 0.00877. The maximum absolute atomic E-state index is 14.6. The van der Waals surface area contributed by atoms with Gasteiger partial charge in [-0.1, -0.05) is 62.4 Å². The number of aromatic hydroxyl groups is 1. The molecule has 0 spiro atoms. The zero-order valence-electron chi connectivity index (χ0n) is 29.3. The van der Waals surface area contributed by atoms with Gasteiger partial charge in [0.2, 0.25) is 11.8 Å². The minimum atomic E-state index is -1.38. The van der Waals surface area contributed by atoms with Crippen molar-refractivity contribution in [2.24, 2.45) is 5.92 Å². The molecular weight excluding hydrogens is 586 g/mol. The van der Waals surface area contributed by atoms with Crippen LogP contribution in [-0.2, 0) is 30.3 Å². The van der Waals surface area contributed by atoms with Crippen molar-refractivity contribution in [2.75, 3.05) is 0 Å². The van der Waals surface area contributed by atoms with Crippen LogP contribution >= 0.6 is 0 Å². The van der Waals surface area contributed by atoms with E-state index in [-0.39, 0.29) is 30.1 Å². The number of esters is 1. The molecule has 2 aromatic rings. The number of amides is 3. The maximum atomic E-state index is 14.6. The maximum Gasteiger partial charge on any atom is 0.408 e. The van der Waals surface area contributed by atoms with Crippen LogP contribution in [-0.4, -0.2) is 62.7 Å². The number of nitrogens with one attached hydrogen (secondary N) is 2. The van der Waals surface area contributed by atoms with Crippen LogP contribution in [0.3, 0.4) is 0 Å². The molecule has 10 heteroatoms. The van der Waals surface area contributed by atoms with E-state index >= 15 is 0 Å². The fourth-order valence-corrected chi connectivity index (χ4v) is 4.94. The molecule has 0 bridgehead atoms. The first-order valence-electron chi connectivity index (χ1n) is 15.8. The molecule has 0 fully saturated rings. The summed E-state index contributed by atoms with van der Waals surface area (Å²) in [5.74, 6) is -2.10. The van der Waals surface area contributed by atoms with Crippen molar-refractivity contribution >= 4 is 23.9 Å². The molecule has 3 amide bonds. The Balaban J connectivity index is 2.67. The Morgan fingerprint density at radius 3 is 1.80 bits per heavy atom. The molecule has 3 N–H and O–H groups in total. The van der Waals surface area contributed by atoms with Gasteiger partial charge in [-0.25, -0.2) is 9.59 Å². The molecule has 0 radical (unpaired) electrons. The van der Waals surface area contributed by atoms with Gasteiger partial charge in [0, 0.05) is 17.5 Å². The lowest BCUT2D eigenvalue weighted by Gasteiger charge is -2.43. The van der Waals surface area contributed by atoms with Gasteiger partial charge in [-0.15, -0.1) is 0 Å². The summed E-state index contributed by atoms with van der Waals surface area (Å²) in [4.78, 5) is 56.7. The number of alkyl carbamates (subject to hydrolysis) is 1. The monoisotopic (exact) mass is 639 g/mol. The predicted molar refractivity (Wildman–Crippen MR) is 178 cm³/mol. The zero-order valence-corrected chi connectivity index (χ0v) is 29.3. The number of phenols is 1. The van der Waals surface area contributed by atoms with E-state index in [2.05, 4.69) is 10.6 Å². The van der Waals surface area contributed by atoms with Crippen molar-refractivity contribution < 1.29 is 33.8 Å². The molecular formula is C36H53N3O7. The van der Waals surface area contributed by atoms with Crippen molar-refractivity contribution in [3.63, 3.8) is 0 Å². The third-order valence-corrected chi connectivity index (χ3v) is 6.68. The van der Waals surface area contributed by atoms with Gasteiger partial charge in [0.1, 0.15) is 35.1 Å². The van der Waals surface area contributed by atoms with Gasteiger partial charge in [-0.2, -0.15) is 0 Å². The number of benzene rings is 2. The van der Waals surface area contributed by atoms with Crippen molar-refractivity contribution in [3.05, 3.63) is 65.7 Å². The van der Waals surface area contributed by atoms with Crippen LogP contribution in [0, 0.1) is 5.92 Å². The Bertz CT molecular complexity index is 1340. The molecule has 0 aliphatic rings. The molecule has 0 aliphatic carbocycles. The number of para-hydroxylation sites is 1. The van der Waals surface area contributed by atoms with Crippen LogP contribution in [0.25, 0.3) is 0 Å². The van der Waals surface area contributed by atoms with Gasteiger partial charge < -0.3 is 30.1 Å². The molecule has 0 saturated carbocycles. The third kappa shape index (κ3) is 12.0. The number of phenolic OH excluding ortho intramolecular Hbond substituents is 1. The van der Waals surface area contributed by atoms with Crippen molar-refractivity contribution in [1.29, 1.82) is 0 Å². The van der Waals surface area contributed by atoms with Gasteiger partial charge in [0.25, 0.3) is 0 Å². The summed E-state index contributed by atoms with van der Waals surface area (Å²) < 4.78 is 11.1. The van der Waals surface area contributed by atoms with Crippen LogP contribution in [0.2, 0.25) is 0 Å². The molecule has 46 heavy (non-hydrogen) atoms. The molecule has 0 aromatic heterocycles. The van der Waals surface area contributed by atoms with Gasteiger partial charge in [0.05, 0.1) is 0 Å². The summed E-state index contributed by atoms with van der Waals surface area (Å²) in [5.41, 5.74) is -1.66. The molecule has 2 aromatic carbocycles. The van der Waals surface area contributed by atoms with Gasteiger partial charge in [0.15, 0.2) is 0 Å². The standard InChI is InChI=1S/C36H53N3O7/c1-23(2)21-26(38-33(44)46-36(9,10)11)31(42)39(34(3,4)5)29(25-19-15-16-20-28(25)40)30(41)37-27(32(43)45-35(6,7)8)22-24-17-13-12-14-18-24/h12-20,23,26-27,29,40H,21-22H2,1-11H3,(H,37,41)(H,38,44). The number of ether oxygens (including phenoxy) is 2. The minimum Gasteiger partial charge on any atom is -0.508 e. The highest BCUT2D eigenvalue weighted by atomic mass is 16.6. The highest BCUT2D eigenvalue weighted by Gasteiger charge is 2.44. The first-order chi connectivity index (χ1) is 21.1. The van der Waals surface area contributed by atoms with Crippen LogP contribution < -0.4 is 10.6 Å². The average molecular weight is 640 g/mol. The summed E-state index contributed by atoms with van der Waals surface area (Å²) in [6.07, 6.45) is -0.375. The fraction of sp³-hybridized carbons (Fsp3) is 0.556. The highest BCUT2D eigenvalue weighted by Crippen LogP contribution is 2.35. The lowest BCUT2D eigenvalue weighted by Crippen LogP contribution is -2.60. The van der Waals surface area contributed by atoms with Crippen molar-refractivity contribution in [2.45, 2.75) is 124 Å². The smallest absolute Gasteiger partial charge is 0.408 e. The van der Waals surface area contributed by atoms with Crippen LogP contribution in [0.15, 0.2) is 54.6 Å². The third-order valence-electron chi connectivity index (χ3n) is 6.68. The van der Waals surface area contributed by atoms with Gasteiger partial charge in [-0.05, 0) is 86.3 Å². The van der Waals surface area contributed by atoms with E-state index in [1.807, 2.05) is 44.2 Å². The first-order valence-corrected chi connectivity index (χ1v) is 15.8. The molecule has 2 rings (SSSR count). The first kappa shape index (κ1) is 38.1. The number of rotatable bonds is 11. The second kappa shape index (κ2) is 15.5. The highest BCUT2D eigenvalue weighted by molar-refractivity contribution is 5.94. The molecule has 10 nitrogen and oxygen atoms in total. The Morgan fingerprint density at radius 1 is 0.761 bits per heavy atom. The lowest BCUT2D eigenvalue weighted by atomic mass is 9.93. The van der Waals surface area contributed by atoms with Crippen LogP contribution in [0.4, 0.5) is 4.79 Å². The summed E-state index contributed by atoms with van der Waals surface area (Å²) >= 11 is 0. The van der Waals surface area contributed by atoms with Gasteiger partial charge in [-0.3, -0.25) is 9.59 Å². The normalized spacial score (nSPS) is 14.1. The number of carbonyl (C=O) groups excluding carboxylic acids is 4. The largest absolute Gasteiger partial charge is 0.508 e. The molecule has 0 saturated heterocycles. The number of nitrogens with zero attached hydrogens (tertiary/aromatic N) is 1. The topological polar surface area (TPSA) is 134 Å². The summed E-state index contributed by atoms with van der Waals surface area (Å²) in [6.45, 7) is 19.5. The number of hydrogen-bond acceptors (Lipinski definition) is 7. The van der Waals surface area contributed by atoms with E-state index in [9.17, 15) is 24.3 Å². The molecule has 254 valence electrons. The van der Waals surface area contributed by atoms with Crippen molar-refractivity contribution in [3.8, 4) is 5.75 Å². The van der Waals surface area contributed by atoms with E-state index < -0.39 is 58.7 Å². The second-order valence-corrected chi connectivity index (χ2v) is 15.0. The Labute approximate surface area is 274 Å². The van der Waals surface area contributed by atoms with E-state index in [4.69, 9.17) is 9.47 Å². The van der Waals surface area contributed by atoms with Crippen molar-refractivity contribution in [1.82, 2.24) is 15.5 Å². The molecule has 3 unspecified atom stereocenters. The Morgan fingerprint density at radius 2 is 1.30 bits per heavy atom. The zero-order chi connectivity index (χ0) is 35.0. The molecule has 0 aliphatic heterocycles. The Hall–Kier alpha value is -4.08. The quantitative estimate of drug-likeness (QED) is 0.254. The van der Waals surface area contributed by atoms with E-state index in [1.165, 1.54) is 11.0 Å². The summed E-state index contributed by atoms with van der Waals surface area (Å²) in [7, 11) is 0. The SMILES string of the molecule is CC(C)CC(NC(=O)OC(C)(C)C)C(=O)N(C(C(=O)NC(Cc1ccccc1)C(=O)OC(C)(C)C)c1ccccc1O)C(C)(C)C. The average Bonchev–Trinajstić information content (AvgIpc) is 2.88. The fourth-order valence-electron chi connectivity index (χ4n) is 4.94. The van der Waals surface area contributed by atoms with Crippen LogP contribution in [0.5, 0.6) is 5.75 Å².